The van der Waals surface area contributed by atoms with E-state index in [1.807, 2.05) is 0 Å². The number of aliphatic hydroxyl groups is 4. The van der Waals surface area contributed by atoms with Gasteiger partial charge in [-0.05, 0) is 24.6 Å². The molecule has 1 aromatic heterocycles. The van der Waals surface area contributed by atoms with Gasteiger partial charge >= 0.3 is 5.63 Å². The average Bonchev–Trinajstić information content (AvgIpc) is 2.54. The molecule has 130 valence electrons. The minimum atomic E-state index is -1.43. The molecule has 5 atom stereocenters. The first-order valence-electron chi connectivity index (χ1n) is 7.52. The van der Waals surface area contributed by atoms with Crippen LogP contribution in [0.2, 0.25) is 0 Å². The van der Waals surface area contributed by atoms with E-state index in [1.165, 1.54) is 6.07 Å². The predicted molar refractivity (Wildman–Crippen MR) is 84.6 cm³/mol. The van der Waals surface area contributed by atoms with Gasteiger partial charge in [0.2, 0.25) is 0 Å². The lowest BCUT2D eigenvalue weighted by molar-refractivity contribution is -0.245. The maximum absolute atomic E-state index is 11.5. The molecule has 1 aromatic carbocycles. The van der Waals surface area contributed by atoms with E-state index in [0.29, 0.717) is 11.3 Å². The monoisotopic (exact) mass is 337 g/mol. The van der Waals surface area contributed by atoms with E-state index in [0.717, 1.165) is 10.9 Å². The summed E-state index contributed by atoms with van der Waals surface area (Å²) < 4.78 is 10.2. The minimum absolute atomic E-state index is 0.361. The van der Waals surface area contributed by atoms with Crippen molar-refractivity contribution in [2.24, 2.45) is 0 Å². The number of ether oxygens (including phenoxy) is 1. The number of nitrogens with one attached hydrogen (secondary N) is 1. The molecule has 1 saturated heterocycles. The first kappa shape index (κ1) is 16.9. The van der Waals surface area contributed by atoms with E-state index >= 15 is 0 Å². The molecule has 0 amide bonds. The van der Waals surface area contributed by atoms with Crippen LogP contribution in [-0.4, -0.2) is 57.7 Å². The van der Waals surface area contributed by atoms with Crippen LogP contribution in [0.3, 0.4) is 0 Å². The van der Waals surface area contributed by atoms with Crippen LogP contribution < -0.4 is 10.9 Å². The standard InChI is InChI=1S/C16H19NO7/c1-7-4-12(19)23-10-5-8(2-3-9(7)10)17-13-15(21)14(20)11(6-18)24-16(13)22/h2-5,11,13-18,20-22H,6H2,1H3/t11?,13-,14+,15?,16+/m0/s1. The minimum Gasteiger partial charge on any atom is -0.423 e. The van der Waals surface area contributed by atoms with Crippen molar-refractivity contribution in [1.29, 1.82) is 0 Å². The smallest absolute Gasteiger partial charge is 0.336 e. The van der Waals surface area contributed by atoms with E-state index in [1.54, 1.807) is 25.1 Å². The lowest BCUT2D eigenvalue weighted by Gasteiger charge is -2.40. The Bertz CT molecular complexity index is 790. The highest BCUT2D eigenvalue weighted by Gasteiger charge is 2.43. The highest BCUT2D eigenvalue weighted by Crippen LogP contribution is 2.25. The zero-order chi connectivity index (χ0) is 17.4. The second kappa shape index (κ2) is 6.50. The SMILES string of the molecule is Cc1cc(=O)oc2cc(N[C@H]3C(O)[C@H](O)C(CO)O[C@H]3O)ccc12. The van der Waals surface area contributed by atoms with Gasteiger partial charge in [-0.3, -0.25) is 0 Å². The van der Waals surface area contributed by atoms with Gasteiger partial charge in [0.25, 0.3) is 0 Å². The maximum Gasteiger partial charge on any atom is 0.336 e. The molecule has 0 radical (unpaired) electrons. The first-order chi connectivity index (χ1) is 11.4. The number of hydrogen-bond donors (Lipinski definition) is 5. The van der Waals surface area contributed by atoms with Crippen LogP contribution >= 0.6 is 0 Å². The van der Waals surface area contributed by atoms with Gasteiger partial charge in [-0.1, -0.05) is 0 Å². The Labute approximate surface area is 136 Å². The molecular weight excluding hydrogens is 318 g/mol. The normalized spacial score (nSPS) is 30.5. The molecule has 2 unspecified atom stereocenters. The second-order valence-electron chi connectivity index (χ2n) is 5.86. The zero-order valence-corrected chi connectivity index (χ0v) is 12.9. The molecule has 2 heterocycles. The molecule has 0 saturated carbocycles. The van der Waals surface area contributed by atoms with Gasteiger partial charge in [-0.15, -0.1) is 0 Å². The van der Waals surface area contributed by atoms with Crippen LogP contribution in [0.5, 0.6) is 0 Å². The van der Waals surface area contributed by atoms with Crippen molar-refractivity contribution >= 4 is 16.7 Å². The fourth-order valence-electron chi connectivity index (χ4n) is 2.86. The highest BCUT2D eigenvalue weighted by molar-refractivity contribution is 5.83. The lowest BCUT2D eigenvalue weighted by atomic mass is 9.97. The van der Waals surface area contributed by atoms with Crippen molar-refractivity contribution in [2.45, 2.75) is 37.6 Å². The molecule has 1 aliphatic rings. The zero-order valence-electron chi connectivity index (χ0n) is 12.9. The molecule has 1 fully saturated rings. The molecule has 0 bridgehead atoms. The Morgan fingerprint density at radius 1 is 1.17 bits per heavy atom. The van der Waals surface area contributed by atoms with Gasteiger partial charge in [0.05, 0.1) is 6.61 Å². The van der Waals surface area contributed by atoms with Crippen LogP contribution in [0.1, 0.15) is 5.56 Å². The van der Waals surface area contributed by atoms with E-state index in [2.05, 4.69) is 5.32 Å². The number of rotatable bonds is 3. The maximum atomic E-state index is 11.5. The summed E-state index contributed by atoms with van der Waals surface area (Å²) in [6.07, 6.45) is -5.20. The van der Waals surface area contributed by atoms with E-state index in [-0.39, 0.29) is 0 Å². The Balaban J connectivity index is 1.88. The number of hydrogen-bond acceptors (Lipinski definition) is 8. The van der Waals surface area contributed by atoms with Gasteiger partial charge in [0.1, 0.15) is 29.9 Å². The first-order valence-corrected chi connectivity index (χ1v) is 7.52. The quantitative estimate of drug-likeness (QED) is 0.465. The summed E-state index contributed by atoms with van der Waals surface area (Å²) in [5, 5.41) is 42.7. The number of aliphatic hydroxyl groups excluding tert-OH is 4. The Hall–Kier alpha value is -1.97. The molecule has 1 aliphatic heterocycles. The number of benzene rings is 1. The Morgan fingerprint density at radius 2 is 1.92 bits per heavy atom. The molecule has 2 aromatic rings. The molecule has 0 aliphatic carbocycles. The fourth-order valence-corrected chi connectivity index (χ4v) is 2.86. The van der Waals surface area contributed by atoms with Gasteiger partial charge < -0.3 is 34.9 Å². The summed E-state index contributed by atoms with van der Waals surface area (Å²) in [4.78, 5) is 11.5. The van der Waals surface area contributed by atoms with Crippen LogP contribution in [0.15, 0.2) is 33.5 Å². The number of anilines is 1. The Kier molecular flexibility index (Phi) is 4.57. The third-order valence-electron chi connectivity index (χ3n) is 4.18. The number of fused-ring (bicyclic) bond motifs is 1. The second-order valence-corrected chi connectivity index (χ2v) is 5.86. The summed E-state index contributed by atoms with van der Waals surface area (Å²) in [6, 6.07) is 5.37. The molecule has 3 rings (SSSR count). The molecule has 8 heteroatoms. The van der Waals surface area contributed by atoms with Crippen LogP contribution in [-0.2, 0) is 4.74 Å². The molecule has 5 N–H and O–H groups in total. The van der Waals surface area contributed by atoms with Crippen molar-refractivity contribution in [2.75, 3.05) is 11.9 Å². The van der Waals surface area contributed by atoms with Crippen molar-refractivity contribution in [3.63, 3.8) is 0 Å². The number of aryl methyl sites for hydroxylation is 1. The van der Waals surface area contributed by atoms with E-state index < -0.39 is 42.9 Å². The van der Waals surface area contributed by atoms with Gasteiger partial charge in [-0.2, -0.15) is 0 Å². The van der Waals surface area contributed by atoms with Gasteiger partial charge in [0, 0.05) is 23.2 Å². The average molecular weight is 337 g/mol. The van der Waals surface area contributed by atoms with Crippen LogP contribution in [0, 0.1) is 6.92 Å². The lowest BCUT2D eigenvalue weighted by Crippen LogP contribution is -2.61. The highest BCUT2D eigenvalue weighted by atomic mass is 16.6. The van der Waals surface area contributed by atoms with Crippen molar-refractivity contribution in [1.82, 2.24) is 0 Å². The van der Waals surface area contributed by atoms with E-state index in [9.17, 15) is 20.1 Å². The van der Waals surface area contributed by atoms with Crippen molar-refractivity contribution in [3.05, 3.63) is 40.2 Å². The van der Waals surface area contributed by atoms with Crippen LogP contribution in [0.4, 0.5) is 5.69 Å². The molecule has 0 spiro atoms. The fraction of sp³-hybridized carbons (Fsp3) is 0.438. The third kappa shape index (κ3) is 3.02. The largest absolute Gasteiger partial charge is 0.423 e. The summed E-state index contributed by atoms with van der Waals surface area (Å²) in [5.41, 5.74) is 1.13. The molecular formula is C16H19NO7. The van der Waals surface area contributed by atoms with Crippen LogP contribution in [0.25, 0.3) is 11.0 Å². The topological polar surface area (TPSA) is 132 Å². The predicted octanol–water partition coefficient (Wildman–Crippen LogP) is -0.687. The Morgan fingerprint density at radius 3 is 2.62 bits per heavy atom. The van der Waals surface area contributed by atoms with Crippen molar-refractivity contribution < 1.29 is 29.6 Å². The summed E-state index contributed by atoms with van der Waals surface area (Å²) in [7, 11) is 0. The van der Waals surface area contributed by atoms with Gasteiger partial charge in [0.15, 0.2) is 6.29 Å². The summed E-state index contributed by atoms with van der Waals surface area (Å²) in [5.74, 6) is 0. The molecule has 8 nitrogen and oxygen atoms in total. The third-order valence-corrected chi connectivity index (χ3v) is 4.18. The van der Waals surface area contributed by atoms with Gasteiger partial charge in [-0.25, -0.2) is 4.79 Å². The van der Waals surface area contributed by atoms with E-state index in [4.69, 9.17) is 14.3 Å². The summed E-state index contributed by atoms with van der Waals surface area (Å²) >= 11 is 0. The van der Waals surface area contributed by atoms with Crippen molar-refractivity contribution in [3.8, 4) is 0 Å². The molecule has 24 heavy (non-hydrogen) atoms. The summed E-state index contributed by atoms with van der Waals surface area (Å²) in [6.45, 7) is 1.27.